The number of likely N-dealkylation sites (N-methyl/N-ethyl adjacent to an activating group) is 1. The summed E-state index contributed by atoms with van der Waals surface area (Å²) in [6.45, 7) is 3.17. The van der Waals surface area contributed by atoms with E-state index in [9.17, 15) is 4.39 Å². The summed E-state index contributed by atoms with van der Waals surface area (Å²) >= 11 is 0. The zero-order valence-electron chi connectivity index (χ0n) is 11.5. The van der Waals surface area contributed by atoms with Crippen molar-refractivity contribution in [1.29, 1.82) is 0 Å². The van der Waals surface area contributed by atoms with Gasteiger partial charge < -0.3 is 14.8 Å². The first-order valence-electron chi connectivity index (χ1n) is 6.79. The van der Waals surface area contributed by atoms with Gasteiger partial charge in [0, 0.05) is 44.3 Å². The Hall–Kier alpha value is -1.39. The number of aryl methyl sites for hydroxylation is 1. The largest absolute Gasteiger partial charge is 0.350 e. The average Bonchev–Trinajstić information content (AvgIpc) is 2.69. The fourth-order valence-corrected chi connectivity index (χ4v) is 2.95. The summed E-state index contributed by atoms with van der Waals surface area (Å²) in [5.74, 6) is -0.170. The molecular formula is C15H20FN3. The quantitative estimate of drug-likeness (QED) is 0.889. The number of nitrogens with zero attached hydrogens (tertiary/aromatic N) is 2. The molecule has 0 aliphatic carbocycles. The van der Waals surface area contributed by atoms with Crippen LogP contribution in [0, 0.1) is 5.82 Å². The second kappa shape index (κ2) is 4.94. The number of fused-ring (bicyclic) bond motifs is 1. The van der Waals surface area contributed by atoms with Gasteiger partial charge in [0.1, 0.15) is 5.82 Å². The van der Waals surface area contributed by atoms with Gasteiger partial charge in [0.15, 0.2) is 0 Å². The van der Waals surface area contributed by atoms with E-state index in [0.717, 1.165) is 31.6 Å². The summed E-state index contributed by atoms with van der Waals surface area (Å²) in [6, 6.07) is 5.58. The van der Waals surface area contributed by atoms with Gasteiger partial charge in [-0.25, -0.2) is 4.39 Å². The van der Waals surface area contributed by atoms with Crippen molar-refractivity contribution in [2.45, 2.75) is 12.5 Å². The lowest BCUT2D eigenvalue weighted by molar-refractivity contribution is 0.199. The zero-order valence-corrected chi connectivity index (χ0v) is 11.5. The molecule has 1 aliphatic heterocycles. The van der Waals surface area contributed by atoms with Crippen LogP contribution in [0.25, 0.3) is 10.9 Å². The van der Waals surface area contributed by atoms with Crippen LogP contribution < -0.4 is 5.32 Å². The van der Waals surface area contributed by atoms with Crippen LogP contribution >= 0.6 is 0 Å². The number of hydrogen-bond acceptors (Lipinski definition) is 2. The van der Waals surface area contributed by atoms with Crippen LogP contribution in [-0.4, -0.2) is 42.2 Å². The average molecular weight is 261 g/mol. The molecule has 3 rings (SSSR count). The molecule has 0 radical (unpaired) electrons. The Kier molecular flexibility index (Phi) is 3.29. The van der Waals surface area contributed by atoms with Gasteiger partial charge in [0.25, 0.3) is 0 Å². The number of benzene rings is 1. The summed E-state index contributed by atoms with van der Waals surface area (Å²) in [6.07, 6.45) is 3.14. The van der Waals surface area contributed by atoms with E-state index in [1.807, 2.05) is 17.7 Å². The number of hydrogen-bond donors (Lipinski definition) is 1. The fourth-order valence-electron chi connectivity index (χ4n) is 2.95. The normalized spacial score (nSPS) is 21.1. The minimum Gasteiger partial charge on any atom is -0.350 e. The smallest absolute Gasteiger partial charge is 0.125 e. The zero-order chi connectivity index (χ0) is 13.4. The van der Waals surface area contributed by atoms with Crippen LogP contribution in [-0.2, 0) is 13.5 Å². The van der Waals surface area contributed by atoms with Gasteiger partial charge in [0.05, 0.1) is 5.52 Å². The molecule has 1 aromatic carbocycles. The Morgan fingerprint density at radius 1 is 1.37 bits per heavy atom. The molecule has 0 spiro atoms. The molecule has 1 N–H and O–H groups in total. The van der Waals surface area contributed by atoms with E-state index in [2.05, 4.69) is 23.5 Å². The first-order chi connectivity index (χ1) is 9.15. The van der Waals surface area contributed by atoms with Crippen molar-refractivity contribution < 1.29 is 4.39 Å². The number of aromatic nitrogens is 1. The molecule has 1 aliphatic rings. The highest BCUT2D eigenvalue weighted by molar-refractivity contribution is 5.84. The molecule has 1 unspecified atom stereocenters. The Bertz CT molecular complexity index is 590. The molecule has 1 saturated heterocycles. The maximum Gasteiger partial charge on any atom is 0.125 e. The van der Waals surface area contributed by atoms with Gasteiger partial charge in [-0.05, 0) is 37.2 Å². The van der Waals surface area contributed by atoms with Gasteiger partial charge in [0.2, 0.25) is 0 Å². The van der Waals surface area contributed by atoms with E-state index >= 15 is 0 Å². The van der Waals surface area contributed by atoms with E-state index in [-0.39, 0.29) is 5.82 Å². The summed E-state index contributed by atoms with van der Waals surface area (Å²) in [4.78, 5) is 2.40. The lowest BCUT2D eigenvalue weighted by Gasteiger charge is -2.33. The van der Waals surface area contributed by atoms with Crippen molar-refractivity contribution in [1.82, 2.24) is 14.8 Å². The van der Waals surface area contributed by atoms with Crippen molar-refractivity contribution >= 4 is 10.9 Å². The van der Waals surface area contributed by atoms with Crippen LogP contribution in [0.3, 0.4) is 0 Å². The van der Waals surface area contributed by atoms with Gasteiger partial charge in [-0.1, -0.05) is 0 Å². The van der Waals surface area contributed by atoms with E-state index in [1.165, 1.54) is 10.9 Å². The van der Waals surface area contributed by atoms with E-state index in [4.69, 9.17) is 0 Å². The first-order valence-corrected chi connectivity index (χ1v) is 6.79. The summed E-state index contributed by atoms with van der Waals surface area (Å²) in [5.41, 5.74) is 2.28. The first kappa shape index (κ1) is 12.6. The summed E-state index contributed by atoms with van der Waals surface area (Å²) in [5, 5.41) is 4.61. The van der Waals surface area contributed by atoms with Crippen LogP contribution in [0.1, 0.15) is 5.56 Å². The molecular weight excluding hydrogens is 241 g/mol. The Morgan fingerprint density at radius 3 is 3.00 bits per heavy atom. The Balaban J connectivity index is 1.92. The molecule has 19 heavy (non-hydrogen) atoms. The number of halogens is 1. The molecule has 1 fully saturated rings. The number of piperazine rings is 1. The molecule has 0 saturated carbocycles. The highest BCUT2D eigenvalue weighted by Crippen LogP contribution is 2.23. The second-order valence-electron chi connectivity index (χ2n) is 5.47. The van der Waals surface area contributed by atoms with Crippen LogP contribution in [0.4, 0.5) is 4.39 Å². The third-order valence-electron chi connectivity index (χ3n) is 4.14. The van der Waals surface area contributed by atoms with Gasteiger partial charge in [-0.3, -0.25) is 0 Å². The van der Waals surface area contributed by atoms with Crippen molar-refractivity contribution in [2.24, 2.45) is 7.05 Å². The van der Waals surface area contributed by atoms with Crippen molar-refractivity contribution in [3.63, 3.8) is 0 Å². The minimum absolute atomic E-state index is 0.170. The van der Waals surface area contributed by atoms with Crippen LogP contribution in [0.5, 0.6) is 0 Å². The van der Waals surface area contributed by atoms with Crippen LogP contribution in [0.15, 0.2) is 24.4 Å². The third kappa shape index (κ3) is 2.38. The predicted octanol–water partition coefficient (Wildman–Crippen LogP) is 1.76. The Labute approximate surface area is 113 Å². The number of nitrogens with one attached hydrogen (secondary N) is 1. The van der Waals surface area contributed by atoms with Gasteiger partial charge in [-0.2, -0.15) is 0 Å². The molecule has 1 aromatic heterocycles. The van der Waals surface area contributed by atoms with Crippen molar-refractivity contribution in [3.8, 4) is 0 Å². The standard InChI is InChI=1S/C15H20FN3/c1-18-6-5-17-9-13(18)7-11-10-19(2)15-8-12(16)3-4-14(11)15/h3-4,8,10,13,17H,5-7,9H2,1-2H3. The molecule has 102 valence electrons. The fraction of sp³-hybridized carbons (Fsp3) is 0.467. The maximum atomic E-state index is 13.3. The number of rotatable bonds is 2. The molecule has 2 heterocycles. The predicted molar refractivity (Wildman–Crippen MR) is 75.9 cm³/mol. The molecule has 2 aromatic rings. The van der Waals surface area contributed by atoms with E-state index in [1.54, 1.807) is 12.1 Å². The molecule has 3 nitrogen and oxygen atoms in total. The topological polar surface area (TPSA) is 20.2 Å². The summed E-state index contributed by atoms with van der Waals surface area (Å²) < 4.78 is 15.3. The van der Waals surface area contributed by atoms with Gasteiger partial charge >= 0.3 is 0 Å². The van der Waals surface area contributed by atoms with Crippen molar-refractivity contribution in [3.05, 3.63) is 35.8 Å². The lowest BCUT2D eigenvalue weighted by atomic mass is 10.0. The SMILES string of the molecule is CN1CCNCC1Cc1cn(C)c2cc(F)ccc12. The highest BCUT2D eigenvalue weighted by Gasteiger charge is 2.20. The van der Waals surface area contributed by atoms with Gasteiger partial charge in [-0.15, -0.1) is 0 Å². The third-order valence-corrected chi connectivity index (χ3v) is 4.14. The molecule has 0 bridgehead atoms. The second-order valence-corrected chi connectivity index (χ2v) is 5.47. The monoisotopic (exact) mass is 261 g/mol. The van der Waals surface area contributed by atoms with E-state index in [0.29, 0.717) is 6.04 Å². The molecule has 0 amide bonds. The lowest BCUT2D eigenvalue weighted by Crippen LogP contribution is -2.50. The molecule has 4 heteroatoms. The molecule has 1 atom stereocenters. The maximum absolute atomic E-state index is 13.3. The summed E-state index contributed by atoms with van der Waals surface area (Å²) in [7, 11) is 4.16. The Morgan fingerprint density at radius 2 is 2.21 bits per heavy atom. The minimum atomic E-state index is -0.170. The highest BCUT2D eigenvalue weighted by atomic mass is 19.1. The van der Waals surface area contributed by atoms with Crippen molar-refractivity contribution in [2.75, 3.05) is 26.7 Å². The van der Waals surface area contributed by atoms with Crippen LogP contribution in [0.2, 0.25) is 0 Å². The van der Waals surface area contributed by atoms with E-state index < -0.39 is 0 Å².